The minimum Gasteiger partial charge on any atom is -0.338 e. The largest absolute Gasteiger partial charge is 0.338 e. The second kappa shape index (κ2) is 2.78. The fraction of sp³-hybridized carbons (Fsp3) is 0.778. The van der Waals surface area contributed by atoms with Gasteiger partial charge >= 0.3 is 0 Å². The lowest BCUT2D eigenvalue weighted by Crippen LogP contribution is -2.40. The van der Waals surface area contributed by atoms with Gasteiger partial charge in [-0.1, -0.05) is 0 Å². The average molecular weight is 164 g/mol. The van der Waals surface area contributed by atoms with E-state index < -0.39 is 0 Å². The van der Waals surface area contributed by atoms with Crippen LogP contribution in [0.25, 0.3) is 0 Å². The topological polar surface area (TPSA) is 44.1 Å². The molecule has 0 aromatic heterocycles. The molecule has 12 heavy (non-hydrogen) atoms. The Balaban J connectivity index is 1.99. The van der Waals surface area contributed by atoms with E-state index >= 15 is 0 Å². The van der Waals surface area contributed by atoms with Crippen molar-refractivity contribution in [1.82, 2.24) is 4.90 Å². The number of carbonyl (C=O) groups is 1. The average Bonchev–Trinajstić information content (AvgIpc) is 2.29. The Morgan fingerprint density at radius 1 is 1.50 bits per heavy atom. The Morgan fingerprint density at radius 2 is 2.25 bits per heavy atom. The Hall–Kier alpha value is -1.04. The highest BCUT2D eigenvalue weighted by atomic mass is 16.2. The van der Waals surface area contributed by atoms with E-state index in [1.54, 1.807) is 0 Å². The zero-order chi connectivity index (χ0) is 8.55. The molecule has 0 N–H and O–H groups in total. The number of rotatable bonds is 1. The standard InChI is InChI=1S/C9H12N2O/c10-5-7-4-9(12)11(6-7)8-2-1-3-8/h7-8H,1-4,6H2/t7-/m1/s1. The quantitative estimate of drug-likeness (QED) is 0.578. The van der Waals surface area contributed by atoms with Crippen LogP contribution in [0.15, 0.2) is 0 Å². The molecule has 0 aromatic carbocycles. The van der Waals surface area contributed by atoms with Crippen molar-refractivity contribution in [3.8, 4) is 6.07 Å². The summed E-state index contributed by atoms with van der Waals surface area (Å²) in [6.45, 7) is 0.681. The lowest BCUT2D eigenvalue weighted by atomic mass is 9.92. The molecule has 0 bridgehead atoms. The summed E-state index contributed by atoms with van der Waals surface area (Å²) >= 11 is 0. The number of hydrogen-bond donors (Lipinski definition) is 0. The van der Waals surface area contributed by atoms with E-state index in [2.05, 4.69) is 6.07 Å². The Bertz CT molecular complexity index is 239. The fourth-order valence-electron chi connectivity index (χ4n) is 1.87. The molecule has 0 aromatic rings. The molecule has 3 nitrogen and oxygen atoms in total. The lowest BCUT2D eigenvalue weighted by Gasteiger charge is -2.34. The zero-order valence-corrected chi connectivity index (χ0v) is 6.99. The Morgan fingerprint density at radius 3 is 2.67 bits per heavy atom. The maximum Gasteiger partial charge on any atom is 0.224 e. The van der Waals surface area contributed by atoms with Gasteiger partial charge in [0.25, 0.3) is 0 Å². The molecule has 1 saturated heterocycles. The summed E-state index contributed by atoms with van der Waals surface area (Å²) in [6.07, 6.45) is 3.98. The fourth-order valence-corrected chi connectivity index (χ4v) is 1.87. The van der Waals surface area contributed by atoms with Gasteiger partial charge in [0.15, 0.2) is 0 Å². The molecule has 1 saturated carbocycles. The van der Waals surface area contributed by atoms with Gasteiger partial charge in [0.2, 0.25) is 5.91 Å². The molecule has 1 aliphatic heterocycles. The molecule has 2 rings (SSSR count). The third-order valence-electron chi connectivity index (χ3n) is 2.86. The van der Waals surface area contributed by atoms with Crippen molar-refractivity contribution in [1.29, 1.82) is 5.26 Å². The molecule has 64 valence electrons. The summed E-state index contributed by atoms with van der Waals surface area (Å²) < 4.78 is 0. The minimum atomic E-state index is -0.0434. The minimum absolute atomic E-state index is 0.0434. The van der Waals surface area contributed by atoms with Gasteiger partial charge < -0.3 is 4.90 Å². The van der Waals surface area contributed by atoms with E-state index in [0.29, 0.717) is 19.0 Å². The normalized spacial score (nSPS) is 30.1. The molecule has 1 amide bonds. The molecule has 0 radical (unpaired) electrons. The number of amides is 1. The number of likely N-dealkylation sites (tertiary alicyclic amines) is 1. The van der Waals surface area contributed by atoms with Crippen LogP contribution in [0.4, 0.5) is 0 Å². The van der Waals surface area contributed by atoms with Crippen LogP contribution < -0.4 is 0 Å². The number of hydrogen-bond acceptors (Lipinski definition) is 2. The molecule has 1 heterocycles. The van der Waals surface area contributed by atoms with Gasteiger partial charge in [0.05, 0.1) is 12.0 Å². The summed E-state index contributed by atoms with van der Waals surface area (Å²) in [4.78, 5) is 13.3. The molecular formula is C9H12N2O. The van der Waals surface area contributed by atoms with Crippen molar-refractivity contribution in [2.24, 2.45) is 5.92 Å². The van der Waals surface area contributed by atoms with Gasteiger partial charge in [-0.25, -0.2) is 0 Å². The Kier molecular flexibility index (Phi) is 1.76. The summed E-state index contributed by atoms with van der Waals surface area (Å²) in [6, 6.07) is 2.63. The predicted octanol–water partition coefficient (Wildman–Crippen LogP) is 0.911. The smallest absolute Gasteiger partial charge is 0.224 e. The Labute approximate surface area is 72.0 Å². The van der Waals surface area contributed by atoms with Gasteiger partial charge in [-0.05, 0) is 19.3 Å². The van der Waals surface area contributed by atoms with Gasteiger partial charge in [-0.2, -0.15) is 5.26 Å². The second-order valence-corrected chi connectivity index (χ2v) is 3.66. The van der Waals surface area contributed by atoms with Crippen LogP contribution in [-0.2, 0) is 4.79 Å². The van der Waals surface area contributed by atoms with Crippen molar-refractivity contribution >= 4 is 5.91 Å². The maximum absolute atomic E-state index is 11.4. The predicted molar refractivity (Wildman–Crippen MR) is 43.1 cm³/mol. The molecule has 1 aliphatic carbocycles. The molecule has 2 fully saturated rings. The van der Waals surface area contributed by atoms with Crippen LogP contribution in [0.1, 0.15) is 25.7 Å². The van der Waals surface area contributed by atoms with Crippen LogP contribution in [0, 0.1) is 17.2 Å². The van der Waals surface area contributed by atoms with Crippen LogP contribution in [0.3, 0.4) is 0 Å². The van der Waals surface area contributed by atoms with Crippen LogP contribution in [0.2, 0.25) is 0 Å². The third-order valence-corrected chi connectivity index (χ3v) is 2.86. The second-order valence-electron chi connectivity index (χ2n) is 3.66. The summed E-state index contributed by atoms with van der Waals surface area (Å²) in [5.41, 5.74) is 0. The first-order valence-corrected chi connectivity index (χ1v) is 4.50. The van der Waals surface area contributed by atoms with Crippen LogP contribution in [-0.4, -0.2) is 23.4 Å². The monoisotopic (exact) mass is 164 g/mol. The summed E-state index contributed by atoms with van der Waals surface area (Å²) in [5, 5.41) is 8.65. The first kappa shape index (κ1) is 7.60. The molecule has 1 atom stereocenters. The first-order valence-electron chi connectivity index (χ1n) is 4.50. The van der Waals surface area contributed by atoms with Gasteiger partial charge in [0, 0.05) is 19.0 Å². The van der Waals surface area contributed by atoms with E-state index in [1.165, 1.54) is 6.42 Å². The van der Waals surface area contributed by atoms with Crippen molar-refractivity contribution in [2.75, 3.05) is 6.54 Å². The highest BCUT2D eigenvalue weighted by molar-refractivity contribution is 5.79. The van der Waals surface area contributed by atoms with E-state index in [0.717, 1.165) is 12.8 Å². The number of nitriles is 1. The van der Waals surface area contributed by atoms with E-state index in [9.17, 15) is 4.79 Å². The van der Waals surface area contributed by atoms with Gasteiger partial charge in [-0.3, -0.25) is 4.79 Å². The summed E-state index contributed by atoms with van der Waals surface area (Å²) in [7, 11) is 0. The van der Waals surface area contributed by atoms with Crippen molar-refractivity contribution in [3.05, 3.63) is 0 Å². The SMILES string of the molecule is N#C[C@H]1CC(=O)N(C2CCC2)C1. The molecule has 3 heteroatoms. The van der Waals surface area contributed by atoms with E-state index in [4.69, 9.17) is 5.26 Å². The molecule has 0 spiro atoms. The number of nitrogens with zero attached hydrogens (tertiary/aromatic N) is 2. The molecule has 0 unspecified atom stereocenters. The first-order chi connectivity index (χ1) is 5.81. The van der Waals surface area contributed by atoms with Crippen molar-refractivity contribution in [2.45, 2.75) is 31.7 Å². The maximum atomic E-state index is 11.4. The van der Waals surface area contributed by atoms with E-state index in [1.807, 2.05) is 4.90 Å². The van der Waals surface area contributed by atoms with Crippen molar-refractivity contribution < 1.29 is 4.79 Å². The third kappa shape index (κ3) is 1.08. The number of carbonyl (C=O) groups excluding carboxylic acids is 1. The molecule has 2 aliphatic rings. The summed E-state index contributed by atoms with van der Waals surface area (Å²) in [5.74, 6) is 0.143. The van der Waals surface area contributed by atoms with Gasteiger partial charge in [-0.15, -0.1) is 0 Å². The van der Waals surface area contributed by atoms with E-state index in [-0.39, 0.29) is 11.8 Å². The zero-order valence-electron chi connectivity index (χ0n) is 6.99. The lowest BCUT2D eigenvalue weighted by molar-refractivity contribution is -0.131. The highest BCUT2D eigenvalue weighted by Crippen LogP contribution is 2.30. The van der Waals surface area contributed by atoms with Crippen LogP contribution in [0.5, 0.6) is 0 Å². The van der Waals surface area contributed by atoms with Crippen molar-refractivity contribution in [3.63, 3.8) is 0 Å². The van der Waals surface area contributed by atoms with Crippen LogP contribution >= 0.6 is 0 Å². The molecular weight excluding hydrogens is 152 g/mol. The van der Waals surface area contributed by atoms with Gasteiger partial charge in [0.1, 0.15) is 0 Å². The highest BCUT2D eigenvalue weighted by Gasteiger charge is 2.36.